The zero-order valence-corrected chi connectivity index (χ0v) is 14.8. The summed E-state index contributed by atoms with van der Waals surface area (Å²) in [6.45, 7) is 6.08. The molecule has 2 rings (SSSR count). The van der Waals surface area contributed by atoms with Crippen molar-refractivity contribution in [2.45, 2.75) is 58.2 Å². The number of piperidine rings is 1. The van der Waals surface area contributed by atoms with Crippen molar-refractivity contribution in [2.24, 2.45) is 0 Å². The van der Waals surface area contributed by atoms with Gasteiger partial charge >= 0.3 is 6.03 Å². The summed E-state index contributed by atoms with van der Waals surface area (Å²) < 4.78 is 0. The van der Waals surface area contributed by atoms with Gasteiger partial charge in [0.2, 0.25) is 0 Å². The van der Waals surface area contributed by atoms with Gasteiger partial charge in [-0.05, 0) is 56.8 Å². The highest BCUT2D eigenvalue weighted by Crippen LogP contribution is 2.13. The molecule has 1 aromatic carbocycles. The van der Waals surface area contributed by atoms with Crippen LogP contribution in [0.3, 0.4) is 0 Å². The number of hydrogen-bond acceptors (Lipinski definition) is 3. The van der Waals surface area contributed by atoms with Crippen LogP contribution in [0.4, 0.5) is 4.79 Å². The van der Waals surface area contributed by atoms with Crippen molar-refractivity contribution in [1.82, 2.24) is 15.5 Å². The largest absolute Gasteiger partial charge is 0.396 e. The first-order chi connectivity index (χ1) is 11.7. The lowest BCUT2D eigenvalue weighted by Crippen LogP contribution is -2.40. The molecule has 1 saturated heterocycles. The number of aliphatic hydroxyl groups excluding tert-OH is 1. The Balaban J connectivity index is 1.70. The Morgan fingerprint density at radius 3 is 2.50 bits per heavy atom. The molecule has 5 nitrogen and oxygen atoms in total. The van der Waals surface area contributed by atoms with Crippen molar-refractivity contribution < 1.29 is 9.90 Å². The first-order valence-corrected chi connectivity index (χ1v) is 9.13. The molecular weight excluding hydrogens is 302 g/mol. The summed E-state index contributed by atoms with van der Waals surface area (Å²) in [5, 5.41) is 14.6. The molecule has 0 aliphatic carbocycles. The van der Waals surface area contributed by atoms with Gasteiger partial charge in [-0.25, -0.2) is 4.79 Å². The van der Waals surface area contributed by atoms with E-state index in [0.29, 0.717) is 13.0 Å². The molecule has 0 spiro atoms. The number of benzene rings is 1. The lowest BCUT2D eigenvalue weighted by Gasteiger charge is -2.26. The zero-order valence-electron chi connectivity index (χ0n) is 14.8. The van der Waals surface area contributed by atoms with E-state index in [0.717, 1.165) is 18.5 Å². The number of amides is 2. The fraction of sp³-hybridized carbons (Fsp3) is 0.632. The van der Waals surface area contributed by atoms with Crippen molar-refractivity contribution in [1.29, 1.82) is 0 Å². The minimum Gasteiger partial charge on any atom is -0.396 e. The van der Waals surface area contributed by atoms with Gasteiger partial charge in [-0.2, -0.15) is 0 Å². The number of urea groups is 1. The van der Waals surface area contributed by atoms with E-state index in [2.05, 4.69) is 39.8 Å². The maximum absolute atomic E-state index is 11.8. The van der Waals surface area contributed by atoms with Gasteiger partial charge < -0.3 is 15.7 Å². The molecular formula is C19H31N3O2. The van der Waals surface area contributed by atoms with Crippen molar-refractivity contribution in [3.05, 3.63) is 35.4 Å². The SMILES string of the molecule is CC(CCCO)NC(=O)NCc1ccc(CN2CCCCC2)cc1. The summed E-state index contributed by atoms with van der Waals surface area (Å²) in [6, 6.07) is 8.42. The number of nitrogens with zero attached hydrogens (tertiary/aromatic N) is 1. The van der Waals surface area contributed by atoms with E-state index in [1.165, 1.54) is 37.9 Å². The summed E-state index contributed by atoms with van der Waals surface area (Å²) in [4.78, 5) is 14.3. The highest BCUT2D eigenvalue weighted by molar-refractivity contribution is 5.74. The van der Waals surface area contributed by atoms with E-state index in [1.807, 2.05) is 6.92 Å². The molecule has 1 aromatic rings. The Labute approximate surface area is 145 Å². The molecule has 1 aliphatic rings. The van der Waals surface area contributed by atoms with E-state index in [-0.39, 0.29) is 18.7 Å². The van der Waals surface area contributed by atoms with E-state index in [1.54, 1.807) is 0 Å². The van der Waals surface area contributed by atoms with Crippen LogP contribution >= 0.6 is 0 Å². The second-order valence-corrected chi connectivity index (χ2v) is 6.75. The summed E-state index contributed by atoms with van der Waals surface area (Å²) >= 11 is 0. The normalized spacial score (nSPS) is 16.6. The Kier molecular flexibility index (Phi) is 8.05. The van der Waals surface area contributed by atoms with Crippen LogP contribution in [0.2, 0.25) is 0 Å². The number of likely N-dealkylation sites (tertiary alicyclic amines) is 1. The topological polar surface area (TPSA) is 64.6 Å². The van der Waals surface area contributed by atoms with Crippen LogP contribution in [-0.4, -0.2) is 41.8 Å². The third kappa shape index (κ3) is 6.89. The van der Waals surface area contributed by atoms with Crippen molar-refractivity contribution >= 4 is 6.03 Å². The van der Waals surface area contributed by atoms with Gasteiger partial charge in [0.25, 0.3) is 0 Å². The number of rotatable bonds is 8. The van der Waals surface area contributed by atoms with Crippen molar-refractivity contribution in [2.75, 3.05) is 19.7 Å². The van der Waals surface area contributed by atoms with Crippen LogP contribution in [-0.2, 0) is 13.1 Å². The average Bonchev–Trinajstić information content (AvgIpc) is 2.60. The summed E-state index contributed by atoms with van der Waals surface area (Å²) in [7, 11) is 0. The van der Waals surface area contributed by atoms with Gasteiger partial charge in [0.15, 0.2) is 0 Å². The molecule has 0 radical (unpaired) electrons. The molecule has 1 unspecified atom stereocenters. The fourth-order valence-electron chi connectivity index (χ4n) is 3.07. The van der Waals surface area contributed by atoms with Gasteiger partial charge in [0.05, 0.1) is 0 Å². The highest BCUT2D eigenvalue weighted by atomic mass is 16.3. The lowest BCUT2D eigenvalue weighted by atomic mass is 10.1. The molecule has 1 atom stereocenters. The quantitative estimate of drug-likeness (QED) is 0.685. The van der Waals surface area contributed by atoms with Gasteiger partial charge in [-0.1, -0.05) is 30.7 Å². The second-order valence-electron chi connectivity index (χ2n) is 6.75. The number of hydrogen-bond donors (Lipinski definition) is 3. The average molecular weight is 333 g/mol. The Bertz CT molecular complexity index is 484. The summed E-state index contributed by atoms with van der Waals surface area (Å²) in [5.74, 6) is 0. The molecule has 0 saturated carbocycles. The standard InChI is InChI=1S/C19H31N3O2/c1-16(6-5-13-23)21-19(24)20-14-17-7-9-18(10-8-17)15-22-11-3-2-4-12-22/h7-10,16,23H,2-6,11-15H2,1H3,(H2,20,21,24). The predicted molar refractivity (Wildman–Crippen MR) is 96.7 cm³/mol. The first-order valence-electron chi connectivity index (χ1n) is 9.13. The molecule has 1 heterocycles. The Hall–Kier alpha value is -1.59. The van der Waals surface area contributed by atoms with Crippen LogP contribution in [0.15, 0.2) is 24.3 Å². The molecule has 134 valence electrons. The van der Waals surface area contributed by atoms with Gasteiger partial charge in [-0.15, -0.1) is 0 Å². The zero-order chi connectivity index (χ0) is 17.2. The first kappa shape index (κ1) is 18.7. The van der Waals surface area contributed by atoms with E-state index >= 15 is 0 Å². The van der Waals surface area contributed by atoms with Crippen LogP contribution in [0.5, 0.6) is 0 Å². The molecule has 0 aromatic heterocycles. The van der Waals surface area contributed by atoms with Crippen molar-refractivity contribution in [3.8, 4) is 0 Å². The molecule has 24 heavy (non-hydrogen) atoms. The van der Waals surface area contributed by atoms with E-state index < -0.39 is 0 Å². The van der Waals surface area contributed by atoms with Crippen LogP contribution in [0, 0.1) is 0 Å². The summed E-state index contributed by atoms with van der Waals surface area (Å²) in [5.41, 5.74) is 2.44. The fourth-order valence-corrected chi connectivity index (χ4v) is 3.07. The third-order valence-corrected chi connectivity index (χ3v) is 4.50. The Morgan fingerprint density at radius 2 is 1.83 bits per heavy atom. The number of nitrogens with one attached hydrogen (secondary N) is 2. The van der Waals surface area contributed by atoms with Crippen molar-refractivity contribution in [3.63, 3.8) is 0 Å². The van der Waals surface area contributed by atoms with E-state index in [9.17, 15) is 4.79 Å². The molecule has 2 amide bonds. The van der Waals surface area contributed by atoms with Gasteiger partial charge in [-0.3, -0.25) is 4.90 Å². The molecule has 1 fully saturated rings. The van der Waals surface area contributed by atoms with Gasteiger partial charge in [0.1, 0.15) is 0 Å². The second kappa shape index (κ2) is 10.3. The minimum absolute atomic E-state index is 0.0732. The molecule has 0 bridgehead atoms. The summed E-state index contributed by atoms with van der Waals surface area (Å²) in [6.07, 6.45) is 5.48. The number of carbonyl (C=O) groups excluding carboxylic acids is 1. The number of carbonyl (C=O) groups is 1. The highest BCUT2D eigenvalue weighted by Gasteiger charge is 2.10. The van der Waals surface area contributed by atoms with Crippen LogP contribution in [0.1, 0.15) is 50.2 Å². The monoisotopic (exact) mass is 333 g/mol. The Morgan fingerprint density at radius 1 is 1.17 bits per heavy atom. The predicted octanol–water partition coefficient (Wildman–Crippen LogP) is 2.63. The molecule has 1 aliphatic heterocycles. The van der Waals surface area contributed by atoms with Crippen LogP contribution in [0.25, 0.3) is 0 Å². The third-order valence-electron chi connectivity index (χ3n) is 4.50. The number of aliphatic hydroxyl groups is 1. The lowest BCUT2D eigenvalue weighted by molar-refractivity contribution is 0.221. The maximum atomic E-state index is 11.8. The smallest absolute Gasteiger partial charge is 0.315 e. The maximum Gasteiger partial charge on any atom is 0.315 e. The molecule has 5 heteroatoms. The van der Waals surface area contributed by atoms with Crippen LogP contribution < -0.4 is 10.6 Å². The molecule has 3 N–H and O–H groups in total. The van der Waals surface area contributed by atoms with Gasteiger partial charge in [0, 0.05) is 25.7 Å². The van der Waals surface area contributed by atoms with E-state index in [4.69, 9.17) is 5.11 Å². The minimum atomic E-state index is -0.155.